The van der Waals surface area contributed by atoms with Crippen LogP contribution in [0.15, 0.2) is 0 Å². The van der Waals surface area contributed by atoms with Crippen molar-refractivity contribution in [2.75, 3.05) is 19.6 Å². The summed E-state index contributed by atoms with van der Waals surface area (Å²) in [5.74, 6) is 0. The van der Waals surface area contributed by atoms with Crippen molar-refractivity contribution in [1.82, 2.24) is 10.6 Å². The average Bonchev–Trinajstić information content (AvgIpc) is 2.27. The third-order valence-corrected chi connectivity index (χ3v) is 3.01. The Morgan fingerprint density at radius 2 is 1.56 bits per heavy atom. The highest BCUT2D eigenvalue weighted by Gasteiger charge is 1.97. The van der Waals surface area contributed by atoms with Crippen LogP contribution in [0.3, 0.4) is 0 Å². The van der Waals surface area contributed by atoms with Crippen molar-refractivity contribution >= 4 is 0 Å². The van der Waals surface area contributed by atoms with Crippen LogP contribution in [-0.2, 0) is 0 Å². The highest BCUT2D eigenvalue weighted by atomic mass is 14.9. The first-order valence-electron chi connectivity index (χ1n) is 7.25. The Balaban J connectivity index is 2.98. The Morgan fingerprint density at radius 3 is 2.25 bits per heavy atom. The lowest BCUT2D eigenvalue weighted by atomic mass is 10.1. The minimum atomic E-state index is 0.655. The Hall–Kier alpha value is -0.0800. The highest BCUT2D eigenvalue weighted by Crippen LogP contribution is 2.03. The molecule has 0 fully saturated rings. The molecule has 2 heteroatoms. The molecule has 0 rings (SSSR count). The summed E-state index contributed by atoms with van der Waals surface area (Å²) >= 11 is 0. The zero-order valence-electron chi connectivity index (χ0n) is 11.6. The number of hydrogen-bond acceptors (Lipinski definition) is 2. The Labute approximate surface area is 103 Å². The van der Waals surface area contributed by atoms with Crippen LogP contribution >= 0.6 is 0 Å². The van der Waals surface area contributed by atoms with Gasteiger partial charge in [0.2, 0.25) is 0 Å². The summed E-state index contributed by atoms with van der Waals surface area (Å²) in [5, 5.41) is 6.96. The van der Waals surface area contributed by atoms with Gasteiger partial charge in [-0.1, -0.05) is 46.0 Å². The lowest BCUT2D eigenvalue weighted by molar-refractivity contribution is 0.495. The summed E-state index contributed by atoms with van der Waals surface area (Å²) in [5.41, 5.74) is 0. The standard InChI is InChI=1S/C14H32N2/c1-4-6-7-8-9-10-12-15-13-11-14(3)16-5-2/h14-16H,4-13H2,1-3H3. The molecule has 2 N–H and O–H groups in total. The zero-order valence-corrected chi connectivity index (χ0v) is 11.6. The number of unbranched alkanes of at least 4 members (excludes halogenated alkanes) is 5. The van der Waals surface area contributed by atoms with Crippen LogP contribution in [0.5, 0.6) is 0 Å². The first-order chi connectivity index (χ1) is 7.81. The van der Waals surface area contributed by atoms with E-state index in [2.05, 4.69) is 31.4 Å². The summed E-state index contributed by atoms with van der Waals surface area (Å²) in [4.78, 5) is 0. The Bertz CT molecular complexity index is 126. The van der Waals surface area contributed by atoms with Gasteiger partial charge in [-0.15, -0.1) is 0 Å². The first kappa shape index (κ1) is 15.9. The van der Waals surface area contributed by atoms with E-state index in [1.54, 1.807) is 0 Å². The molecule has 0 aliphatic heterocycles. The molecule has 16 heavy (non-hydrogen) atoms. The number of hydrogen-bond donors (Lipinski definition) is 2. The van der Waals surface area contributed by atoms with Crippen molar-refractivity contribution in [3.63, 3.8) is 0 Å². The molecule has 1 atom stereocenters. The lowest BCUT2D eigenvalue weighted by Gasteiger charge is -2.12. The number of rotatable bonds is 12. The fourth-order valence-corrected chi connectivity index (χ4v) is 1.92. The quantitative estimate of drug-likeness (QED) is 0.501. The van der Waals surface area contributed by atoms with Crippen LogP contribution in [0.1, 0.15) is 65.7 Å². The van der Waals surface area contributed by atoms with E-state index in [1.807, 2.05) is 0 Å². The van der Waals surface area contributed by atoms with E-state index < -0.39 is 0 Å². The molecule has 0 aromatic rings. The molecule has 0 radical (unpaired) electrons. The second kappa shape index (κ2) is 13.0. The normalized spacial score (nSPS) is 12.9. The fraction of sp³-hybridized carbons (Fsp3) is 1.00. The van der Waals surface area contributed by atoms with Gasteiger partial charge in [-0.05, 0) is 39.4 Å². The summed E-state index contributed by atoms with van der Waals surface area (Å²) in [6, 6.07) is 0.655. The van der Waals surface area contributed by atoms with Crippen LogP contribution in [-0.4, -0.2) is 25.7 Å². The van der Waals surface area contributed by atoms with Crippen molar-refractivity contribution in [2.45, 2.75) is 71.8 Å². The van der Waals surface area contributed by atoms with Gasteiger partial charge in [0.15, 0.2) is 0 Å². The second-order valence-corrected chi connectivity index (χ2v) is 4.77. The highest BCUT2D eigenvalue weighted by molar-refractivity contribution is 4.60. The second-order valence-electron chi connectivity index (χ2n) is 4.77. The molecule has 0 spiro atoms. The first-order valence-corrected chi connectivity index (χ1v) is 7.25. The van der Waals surface area contributed by atoms with Gasteiger partial charge in [0.05, 0.1) is 0 Å². The molecule has 0 saturated carbocycles. The minimum absolute atomic E-state index is 0.655. The molecule has 0 heterocycles. The molecular weight excluding hydrogens is 196 g/mol. The van der Waals surface area contributed by atoms with Gasteiger partial charge >= 0.3 is 0 Å². The molecule has 0 aromatic heterocycles. The monoisotopic (exact) mass is 228 g/mol. The van der Waals surface area contributed by atoms with Crippen LogP contribution in [0, 0.1) is 0 Å². The molecular formula is C14H32N2. The smallest absolute Gasteiger partial charge is 0.00506 e. The maximum absolute atomic E-state index is 3.53. The van der Waals surface area contributed by atoms with E-state index in [1.165, 1.54) is 51.5 Å². The van der Waals surface area contributed by atoms with Gasteiger partial charge in [-0.25, -0.2) is 0 Å². The molecule has 98 valence electrons. The molecule has 0 aliphatic rings. The Kier molecular flexibility index (Phi) is 12.9. The van der Waals surface area contributed by atoms with Gasteiger partial charge in [-0.3, -0.25) is 0 Å². The predicted molar refractivity (Wildman–Crippen MR) is 74.0 cm³/mol. The molecule has 2 nitrogen and oxygen atoms in total. The fourth-order valence-electron chi connectivity index (χ4n) is 1.92. The SMILES string of the molecule is CCCCCCCCNCCC(C)NCC. The summed E-state index contributed by atoms with van der Waals surface area (Å²) in [7, 11) is 0. The van der Waals surface area contributed by atoms with Crippen LogP contribution in [0.2, 0.25) is 0 Å². The molecule has 0 aromatic carbocycles. The van der Waals surface area contributed by atoms with Gasteiger partial charge in [0, 0.05) is 6.04 Å². The van der Waals surface area contributed by atoms with Crippen LogP contribution in [0.25, 0.3) is 0 Å². The predicted octanol–water partition coefficient (Wildman–Crippen LogP) is 3.32. The Morgan fingerprint density at radius 1 is 0.875 bits per heavy atom. The van der Waals surface area contributed by atoms with Gasteiger partial charge in [0.1, 0.15) is 0 Å². The maximum atomic E-state index is 3.53. The van der Waals surface area contributed by atoms with E-state index in [-0.39, 0.29) is 0 Å². The van der Waals surface area contributed by atoms with Gasteiger partial charge < -0.3 is 10.6 Å². The summed E-state index contributed by atoms with van der Waals surface area (Å²) in [6.45, 7) is 10.1. The summed E-state index contributed by atoms with van der Waals surface area (Å²) in [6.07, 6.45) is 9.59. The topological polar surface area (TPSA) is 24.1 Å². The average molecular weight is 228 g/mol. The van der Waals surface area contributed by atoms with Crippen molar-refractivity contribution in [1.29, 1.82) is 0 Å². The van der Waals surface area contributed by atoms with Crippen molar-refractivity contribution in [2.24, 2.45) is 0 Å². The molecule has 0 amide bonds. The maximum Gasteiger partial charge on any atom is 0.00506 e. The summed E-state index contributed by atoms with van der Waals surface area (Å²) < 4.78 is 0. The number of nitrogens with one attached hydrogen (secondary N) is 2. The minimum Gasteiger partial charge on any atom is -0.317 e. The van der Waals surface area contributed by atoms with Crippen molar-refractivity contribution < 1.29 is 0 Å². The molecule has 0 aliphatic carbocycles. The van der Waals surface area contributed by atoms with Crippen LogP contribution < -0.4 is 10.6 Å². The van der Waals surface area contributed by atoms with Crippen molar-refractivity contribution in [3.05, 3.63) is 0 Å². The van der Waals surface area contributed by atoms with Crippen LogP contribution in [0.4, 0.5) is 0 Å². The van der Waals surface area contributed by atoms with Crippen molar-refractivity contribution in [3.8, 4) is 0 Å². The largest absolute Gasteiger partial charge is 0.317 e. The molecule has 1 unspecified atom stereocenters. The van der Waals surface area contributed by atoms with Gasteiger partial charge in [-0.2, -0.15) is 0 Å². The third kappa shape index (κ3) is 12.0. The molecule has 0 bridgehead atoms. The third-order valence-electron chi connectivity index (χ3n) is 3.01. The van der Waals surface area contributed by atoms with E-state index in [4.69, 9.17) is 0 Å². The lowest BCUT2D eigenvalue weighted by Crippen LogP contribution is -2.30. The van der Waals surface area contributed by atoms with E-state index >= 15 is 0 Å². The zero-order chi connectivity index (χ0) is 12.1. The van der Waals surface area contributed by atoms with E-state index in [0.717, 1.165) is 13.1 Å². The van der Waals surface area contributed by atoms with E-state index in [9.17, 15) is 0 Å². The van der Waals surface area contributed by atoms with Gasteiger partial charge in [0.25, 0.3) is 0 Å². The van der Waals surface area contributed by atoms with E-state index in [0.29, 0.717) is 6.04 Å². The molecule has 0 saturated heterocycles.